The summed E-state index contributed by atoms with van der Waals surface area (Å²) >= 11 is 12.4. The van der Waals surface area contributed by atoms with E-state index in [1.54, 1.807) is 11.0 Å². The molecule has 0 N–H and O–H groups in total. The molecular weight excluding hydrogens is 441 g/mol. The number of likely N-dealkylation sites (N-methyl/N-ethyl adjacent to an activating group) is 1. The van der Waals surface area contributed by atoms with Gasteiger partial charge in [-0.1, -0.05) is 53.5 Å². The van der Waals surface area contributed by atoms with Crippen LogP contribution in [0.4, 0.5) is 0 Å². The fourth-order valence-corrected chi connectivity index (χ4v) is 4.55. The van der Waals surface area contributed by atoms with Gasteiger partial charge in [0.1, 0.15) is 0 Å². The molecule has 1 saturated heterocycles. The maximum Gasteiger partial charge on any atom is 0.254 e. The third-order valence-electron chi connectivity index (χ3n) is 6.22. The number of benzene rings is 3. The van der Waals surface area contributed by atoms with Crippen molar-refractivity contribution >= 4 is 39.9 Å². The molecule has 1 heterocycles. The SMILES string of the molecule is CN(CC(CCN1CCC1)c1ccc(Cl)c(Cl)c1)C(=O)c1cc(C#N)cc2ccccc12. The molecule has 1 atom stereocenters. The van der Waals surface area contributed by atoms with Crippen LogP contribution in [-0.4, -0.2) is 48.9 Å². The minimum Gasteiger partial charge on any atom is -0.341 e. The predicted octanol–water partition coefficient (Wildman–Crippen LogP) is 5.97. The van der Waals surface area contributed by atoms with Gasteiger partial charge in [0.05, 0.1) is 21.7 Å². The second kappa shape index (κ2) is 9.92. The van der Waals surface area contributed by atoms with Gasteiger partial charge in [0.2, 0.25) is 0 Å². The molecule has 164 valence electrons. The summed E-state index contributed by atoms with van der Waals surface area (Å²) in [5.74, 6) is 0.0389. The molecular formula is C26H25Cl2N3O. The minimum atomic E-state index is -0.0905. The van der Waals surface area contributed by atoms with E-state index in [1.807, 2.05) is 55.6 Å². The Hall–Kier alpha value is -2.58. The average molecular weight is 466 g/mol. The molecule has 32 heavy (non-hydrogen) atoms. The van der Waals surface area contributed by atoms with Crippen LogP contribution in [0.2, 0.25) is 10.0 Å². The second-order valence-electron chi connectivity index (χ2n) is 8.40. The first-order valence-electron chi connectivity index (χ1n) is 10.8. The van der Waals surface area contributed by atoms with Crippen LogP contribution in [0.5, 0.6) is 0 Å². The highest BCUT2D eigenvalue weighted by atomic mass is 35.5. The minimum absolute atomic E-state index is 0.0905. The Labute approximate surface area is 198 Å². The summed E-state index contributed by atoms with van der Waals surface area (Å²) in [6.07, 6.45) is 2.17. The Morgan fingerprint density at radius 1 is 1.12 bits per heavy atom. The number of carbonyl (C=O) groups excluding carboxylic acids is 1. The third kappa shape index (κ3) is 4.91. The van der Waals surface area contributed by atoms with Crippen LogP contribution in [0.25, 0.3) is 10.8 Å². The number of fused-ring (bicyclic) bond motifs is 1. The molecule has 0 bridgehead atoms. The van der Waals surface area contributed by atoms with Crippen molar-refractivity contribution in [3.05, 3.63) is 81.3 Å². The number of nitriles is 1. The van der Waals surface area contributed by atoms with Crippen molar-refractivity contribution in [3.8, 4) is 6.07 Å². The van der Waals surface area contributed by atoms with E-state index in [9.17, 15) is 10.1 Å². The van der Waals surface area contributed by atoms with Crippen LogP contribution >= 0.6 is 23.2 Å². The first-order chi connectivity index (χ1) is 15.5. The fraction of sp³-hybridized carbons (Fsp3) is 0.308. The van der Waals surface area contributed by atoms with E-state index in [1.165, 1.54) is 6.42 Å². The molecule has 1 aliphatic rings. The van der Waals surface area contributed by atoms with Gasteiger partial charge in [0.25, 0.3) is 5.91 Å². The lowest BCUT2D eigenvalue weighted by atomic mass is 9.93. The Morgan fingerprint density at radius 2 is 1.91 bits per heavy atom. The number of halogens is 2. The number of likely N-dealkylation sites (tertiary alicyclic amines) is 1. The Kier molecular flexibility index (Phi) is 7.01. The van der Waals surface area contributed by atoms with Crippen molar-refractivity contribution in [1.82, 2.24) is 9.80 Å². The van der Waals surface area contributed by atoms with Crippen molar-refractivity contribution in [3.63, 3.8) is 0 Å². The lowest BCUT2D eigenvalue weighted by Gasteiger charge is -2.33. The van der Waals surface area contributed by atoms with E-state index in [0.717, 1.165) is 42.4 Å². The zero-order chi connectivity index (χ0) is 22.7. The number of rotatable bonds is 7. The number of hydrogen-bond acceptors (Lipinski definition) is 3. The van der Waals surface area contributed by atoms with E-state index in [2.05, 4.69) is 11.0 Å². The largest absolute Gasteiger partial charge is 0.341 e. The standard InChI is InChI=1S/C26H25Cl2N3O/c1-30(26(32)23-14-18(16-29)13-20-5-2-3-6-22(20)23)17-21(9-12-31-10-4-11-31)19-7-8-24(27)25(28)15-19/h2-3,5-8,13-15,21H,4,9-12,17H2,1H3. The van der Waals surface area contributed by atoms with Crippen LogP contribution in [0, 0.1) is 11.3 Å². The third-order valence-corrected chi connectivity index (χ3v) is 6.96. The zero-order valence-corrected chi connectivity index (χ0v) is 19.5. The fourth-order valence-electron chi connectivity index (χ4n) is 4.24. The zero-order valence-electron chi connectivity index (χ0n) is 18.0. The van der Waals surface area contributed by atoms with E-state index in [0.29, 0.717) is 27.7 Å². The smallest absolute Gasteiger partial charge is 0.254 e. The summed E-state index contributed by atoms with van der Waals surface area (Å²) in [6, 6.07) is 19.1. The second-order valence-corrected chi connectivity index (χ2v) is 9.21. The molecule has 6 heteroatoms. The van der Waals surface area contributed by atoms with E-state index < -0.39 is 0 Å². The van der Waals surface area contributed by atoms with Gasteiger partial charge in [0, 0.05) is 25.1 Å². The molecule has 4 rings (SSSR count). The maximum atomic E-state index is 13.5. The van der Waals surface area contributed by atoms with Crippen molar-refractivity contribution in [2.45, 2.75) is 18.8 Å². The van der Waals surface area contributed by atoms with E-state index in [4.69, 9.17) is 23.2 Å². The first-order valence-corrected chi connectivity index (χ1v) is 11.6. The van der Waals surface area contributed by atoms with Gasteiger partial charge in [-0.2, -0.15) is 5.26 Å². The lowest BCUT2D eigenvalue weighted by molar-refractivity contribution is 0.0782. The molecule has 4 nitrogen and oxygen atoms in total. The van der Waals surface area contributed by atoms with Crippen LogP contribution in [0.3, 0.4) is 0 Å². The van der Waals surface area contributed by atoms with Gasteiger partial charge in [-0.15, -0.1) is 0 Å². The van der Waals surface area contributed by atoms with E-state index >= 15 is 0 Å². The molecule has 1 amide bonds. The molecule has 0 aromatic heterocycles. The molecule has 1 aliphatic heterocycles. The maximum absolute atomic E-state index is 13.5. The number of hydrogen-bond donors (Lipinski definition) is 0. The Bertz CT molecular complexity index is 1180. The summed E-state index contributed by atoms with van der Waals surface area (Å²) in [7, 11) is 1.82. The van der Waals surface area contributed by atoms with E-state index in [-0.39, 0.29) is 11.8 Å². The van der Waals surface area contributed by atoms with Gasteiger partial charge < -0.3 is 9.80 Å². The highest BCUT2D eigenvalue weighted by Gasteiger charge is 2.23. The first kappa shape index (κ1) is 22.6. The van der Waals surface area contributed by atoms with Gasteiger partial charge in [-0.3, -0.25) is 4.79 Å². The highest BCUT2D eigenvalue weighted by molar-refractivity contribution is 6.42. The van der Waals surface area contributed by atoms with Crippen LogP contribution in [0.1, 0.15) is 40.2 Å². The number of carbonyl (C=O) groups is 1. The molecule has 3 aromatic rings. The summed E-state index contributed by atoms with van der Waals surface area (Å²) < 4.78 is 0. The number of nitrogens with zero attached hydrogens (tertiary/aromatic N) is 3. The number of amides is 1. The normalized spacial score (nSPS) is 14.6. The highest BCUT2D eigenvalue weighted by Crippen LogP contribution is 2.30. The van der Waals surface area contributed by atoms with Crippen molar-refractivity contribution in [2.75, 3.05) is 33.2 Å². The summed E-state index contributed by atoms with van der Waals surface area (Å²) in [5, 5.41) is 12.2. The van der Waals surface area contributed by atoms with Gasteiger partial charge >= 0.3 is 0 Å². The molecule has 0 aliphatic carbocycles. The molecule has 3 aromatic carbocycles. The Balaban J connectivity index is 1.60. The lowest BCUT2D eigenvalue weighted by Crippen LogP contribution is -2.39. The van der Waals surface area contributed by atoms with Gasteiger partial charge in [0.15, 0.2) is 0 Å². The molecule has 0 radical (unpaired) electrons. The van der Waals surface area contributed by atoms with Crippen LogP contribution < -0.4 is 0 Å². The van der Waals surface area contributed by atoms with Crippen molar-refractivity contribution in [2.24, 2.45) is 0 Å². The molecule has 1 unspecified atom stereocenters. The topological polar surface area (TPSA) is 47.3 Å². The summed E-state index contributed by atoms with van der Waals surface area (Å²) in [6.45, 7) is 3.81. The summed E-state index contributed by atoms with van der Waals surface area (Å²) in [4.78, 5) is 17.7. The predicted molar refractivity (Wildman–Crippen MR) is 131 cm³/mol. The van der Waals surface area contributed by atoms with Crippen molar-refractivity contribution in [1.29, 1.82) is 5.26 Å². The summed E-state index contributed by atoms with van der Waals surface area (Å²) in [5.41, 5.74) is 2.12. The van der Waals surface area contributed by atoms with Crippen LogP contribution in [0.15, 0.2) is 54.6 Å². The van der Waals surface area contributed by atoms with Crippen molar-refractivity contribution < 1.29 is 4.79 Å². The van der Waals surface area contributed by atoms with Gasteiger partial charge in [-0.25, -0.2) is 0 Å². The quantitative estimate of drug-likeness (QED) is 0.431. The molecule has 1 fully saturated rings. The Morgan fingerprint density at radius 3 is 2.59 bits per heavy atom. The molecule has 0 saturated carbocycles. The monoisotopic (exact) mass is 465 g/mol. The average Bonchev–Trinajstić information content (AvgIpc) is 2.77. The van der Waals surface area contributed by atoms with Crippen LogP contribution in [-0.2, 0) is 0 Å². The van der Waals surface area contributed by atoms with Gasteiger partial charge in [-0.05, 0) is 73.1 Å². The molecule has 0 spiro atoms.